The van der Waals surface area contributed by atoms with Crippen molar-refractivity contribution in [2.24, 2.45) is 5.92 Å². The average Bonchev–Trinajstić information content (AvgIpc) is 2.54. The van der Waals surface area contributed by atoms with Gasteiger partial charge < -0.3 is 10.2 Å². The minimum Gasteiger partial charge on any atom is -0.339 e. The Bertz CT molecular complexity index is 721. The minimum absolute atomic E-state index is 0.514. The van der Waals surface area contributed by atoms with Crippen molar-refractivity contribution >= 4 is 23.1 Å². The molecular formula is C18H19N3S. The molecule has 0 unspecified atom stereocenters. The summed E-state index contributed by atoms with van der Waals surface area (Å²) >= 11 is 1.78. The smallest absolute Gasteiger partial charge is 0.0992 e. The first kappa shape index (κ1) is 15.0. The summed E-state index contributed by atoms with van der Waals surface area (Å²) in [5.74, 6) is 0.514. The fourth-order valence-corrected chi connectivity index (χ4v) is 3.90. The van der Waals surface area contributed by atoms with E-state index in [-0.39, 0.29) is 0 Å². The summed E-state index contributed by atoms with van der Waals surface area (Å²) in [5.41, 5.74) is 3.09. The maximum Gasteiger partial charge on any atom is 0.0992 e. The average molecular weight is 309 g/mol. The number of benzene rings is 2. The molecular weight excluding hydrogens is 290 g/mol. The molecule has 0 bridgehead atoms. The Labute approximate surface area is 135 Å². The third-order valence-corrected chi connectivity index (χ3v) is 4.93. The second kappa shape index (κ2) is 6.43. The molecule has 1 N–H and O–H groups in total. The van der Waals surface area contributed by atoms with Gasteiger partial charge in [-0.25, -0.2) is 0 Å². The lowest BCUT2D eigenvalue weighted by molar-refractivity contribution is 0.547. The van der Waals surface area contributed by atoms with Crippen LogP contribution in [0.2, 0.25) is 0 Å². The van der Waals surface area contributed by atoms with E-state index in [1.54, 1.807) is 11.8 Å². The summed E-state index contributed by atoms with van der Waals surface area (Å²) in [4.78, 5) is 4.84. The van der Waals surface area contributed by atoms with Crippen LogP contribution in [0, 0.1) is 17.2 Å². The zero-order valence-electron chi connectivity index (χ0n) is 12.8. The highest BCUT2D eigenvalue weighted by Gasteiger charge is 2.24. The Morgan fingerprint density at radius 1 is 1.18 bits per heavy atom. The van der Waals surface area contributed by atoms with E-state index in [0.717, 1.165) is 18.8 Å². The van der Waals surface area contributed by atoms with Crippen LogP contribution in [0.4, 0.5) is 11.4 Å². The minimum atomic E-state index is 0.514. The first-order chi connectivity index (χ1) is 10.7. The molecule has 0 fully saturated rings. The highest BCUT2D eigenvalue weighted by Crippen LogP contribution is 2.48. The van der Waals surface area contributed by atoms with Crippen LogP contribution >= 0.6 is 11.8 Å². The summed E-state index contributed by atoms with van der Waals surface area (Å²) in [6.45, 7) is 4.15. The van der Waals surface area contributed by atoms with Crippen LogP contribution < -0.4 is 10.2 Å². The number of fused-ring (bicyclic) bond motifs is 2. The molecule has 112 valence electrons. The Hall–Kier alpha value is -1.96. The number of anilines is 2. The van der Waals surface area contributed by atoms with Crippen LogP contribution in [0.5, 0.6) is 0 Å². The molecule has 0 aliphatic carbocycles. The van der Waals surface area contributed by atoms with Gasteiger partial charge in [0.1, 0.15) is 0 Å². The molecule has 1 atom stereocenters. The first-order valence-electron chi connectivity index (χ1n) is 7.46. The first-order valence-corrected chi connectivity index (χ1v) is 8.27. The molecule has 2 aromatic carbocycles. The van der Waals surface area contributed by atoms with Crippen LogP contribution in [0.15, 0.2) is 52.3 Å². The molecule has 3 rings (SSSR count). The lowest BCUT2D eigenvalue weighted by atomic mass is 10.1. The predicted molar refractivity (Wildman–Crippen MR) is 91.8 cm³/mol. The van der Waals surface area contributed by atoms with Crippen LogP contribution in [0.1, 0.15) is 12.5 Å². The lowest BCUT2D eigenvalue weighted by Gasteiger charge is -2.34. The van der Waals surface area contributed by atoms with Crippen LogP contribution in [0.25, 0.3) is 0 Å². The van der Waals surface area contributed by atoms with Crippen LogP contribution in [-0.2, 0) is 0 Å². The van der Waals surface area contributed by atoms with E-state index in [1.165, 1.54) is 15.5 Å². The van der Waals surface area contributed by atoms with E-state index in [9.17, 15) is 5.26 Å². The maximum absolute atomic E-state index is 9.20. The normalized spacial score (nSPS) is 14.0. The van der Waals surface area contributed by atoms with Crippen molar-refractivity contribution in [2.45, 2.75) is 16.7 Å². The van der Waals surface area contributed by atoms with E-state index in [1.807, 2.05) is 19.2 Å². The quantitative estimate of drug-likeness (QED) is 0.926. The van der Waals surface area contributed by atoms with Gasteiger partial charge in [0, 0.05) is 16.3 Å². The molecule has 4 heteroatoms. The highest BCUT2D eigenvalue weighted by molar-refractivity contribution is 7.99. The largest absolute Gasteiger partial charge is 0.339 e. The van der Waals surface area contributed by atoms with Crippen molar-refractivity contribution in [3.63, 3.8) is 0 Å². The van der Waals surface area contributed by atoms with Crippen molar-refractivity contribution in [2.75, 3.05) is 25.0 Å². The van der Waals surface area contributed by atoms with E-state index in [4.69, 9.17) is 0 Å². The van der Waals surface area contributed by atoms with Gasteiger partial charge in [-0.3, -0.25) is 0 Å². The van der Waals surface area contributed by atoms with E-state index >= 15 is 0 Å². The molecule has 2 aromatic rings. The molecule has 3 nitrogen and oxygen atoms in total. The van der Waals surface area contributed by atoms with Crippen molar-refractivity contribution < 1.29 is 0 Å². The van der Waals surface area contributed by atoms with Gasteiger partial charge in [0.25, 0.3) is 0 Å². The maximum atomic E-state index is 9.20. The van der Waals surface area contributed by atoms with Gasteiger partial charge in [-0.1, -0.05) is 30.8 Å². The molecule has 22 heavy (non-hydrogen) atoms. The number of nitrogens with zero attached hydrogens (tertiary/aromatic N) is 2. The molecule has 0 radical (unpaired) electrons. The van der Waals surface area contributed by atoms with Gasteiger partial charge >= 0.3 is 0 Å². The van der Waals surface area contributed by atoms with E-state index < -0.39 is 0 Å². The van der Waals surface area contributed by atoms with Crippen LogP contribution in [0.3, 0.4) is 0 Å². The van der Waals surface area contributed by atoms with Gasteiger partial charge in [-0.15, -0.1) is 0 Å². The fraction of sp³-hybridized carbons (Fsp3) is 0.278. The Morgan fingerprint density at radius 2 is 1.95 bits per heavy atom. The predicted octanol–water partition coefficient (Wildman–Crippen LogP) is 4.02. The summed E-state index contributed by atoms with van der Waals surface area (Å²) in [6.07, 6.45) is 0. The fourth-order valence-electron chi connectivity index (χ4n) is 2.82. The monoisotopic (exact) mass is 309 g/mol. The third-order valence-electron chi connectivity index (χ3n) is 3.80. The van der Waals surface area contributed by atoms with Gasteiger partial charge in [0.2, 0.25) is 0 Å². The Morgan fingerprint density at radius 3 is 2.73 bits per heavy atom. The summed E-state index contributed by atoms with van der Waals surface area (Å²) in [6, 6.07) is 16.7. The van der Waals surface area contributed by atoms with E-state index in [0.29, 0.717) is 11.5 Å². The summed E-state index contributed by atoms with van der Waals surface area (Å²) in [5, 5.41) is 12.4. The molecule has 0 spiro atoms. The summed E-state index contributed by atoms with van der Waals surface area (Å²) < 4.78 is 0. The number of nitriles is 1. The number of hydrogen-bond donors (Lipinski definition) is 1. The van der Waals surface area contributed by atoms with Gasteiger partial charge in [-0.2, -0.15) is 5.26 Å². The number of nitrogens with one attached hydrogen (secondary N) is 1. The standard InChI is InChI=1S/C18H19N3S/c1-13(11-20-2)12-21-15-5-3-4-6-17(15)22-18-8-7-14(10-19)9-16(18)21/h3-9,13,20H,11-12H2,1-2H3/t13-/m0/s1. The number of rotatable bonds is 4. The second-order valence-electron chi connectivity index (χ2n) is 5.64. The van der Waals surface area contributed by atoms with Crippen molar-refractivity contribution in [1.82, 2.24) is 5.32 Å². The SMILES string of the molecule is CNC[C@H](C)CN1c2ccccc2Sc2ccc(C#N)cc21. The van der Waals surface area contributed by atoms with Gasteiger partial charge in [-0.05, 0) is 49.8 Å². The number of hydrogen-bond acceptors (Lipinski definition) is 4. The van der Waals surface area contributed by atoms with Gasteiger partial charge in [0.15, 0.2) is 0 Å². The topological polar surface area (TPSA) is 39.1 Å². The van der Waals surface area contributed by atoms with E-state index in [2.05, 4.69) is 53.5 Å². The highest BCUT2D eigenvalue weighted by atomic mass is 32.2. The molecule has 0 saturated carbocycles. The zero-order valence-corrected chi connectivity index (χ0v) is 13.7. The van der Waals surface area contributed by atoms with Crippen molar-refractivity contribution in [3.8, 4) is 6.07 Å². The molecule has 1 heterocycles. The zero-order chi connectivity index (χ0) is 15.5. The molecule has 0 aromatic heterocycles. The van der Waals surface area contributed by atoms with Crippen LogP contribution in [-0.4, -0.2) is 20.1 Å². The van der Waals surface area contributed by atoms with Crippen molar-refractivity contribution in [3.05, 3.63) is 48.0 Å². The Balaban J connectivity index is 2.04. The second-order valence-corrected chi connectivity index (χ2v) is 6.72. The molecule has 0 amide bonds. The number of para-hydroxylation sites is 1. The molecule has 1 aliphatic heterocycles. The Kier molecular flexibility index (Phi) is 4.37. The molecule has 0 saturated heterocycles. The summed E-state index contributed by atoms with van der Waals surface area (Å²) in [7, 11) is 1.98. The lowest BCUT2D eigenvalue weighted by Crippen LogP contribution is -2.30. The molecule has 1 aliphatic rings. The van der Waals surface area contributed by atoms with Crippen molar-refractivity contribution in [1.29, 1.82) is 5.26 Å². The van der Waals surface area contributed by atoms with Gasteiger partial charge in [0.05, 0.1) is 23.0 Å². The third kappa shape index (κ3) is 2.83.